The molecule has 0 amide bonds. The van der Waals surface area contributed by atoms with Gasteiger partial charge < -0.3 is 5.32 Å². The van der Waals surface area contributed by atoms with E-state index in [9.17, 15) is 0 Å². The zero-order valence-electron chi connectivity index (χ0n) is 10.1. The van der Waals surface area contributed by atoms with E-state index in [1.807, 2.05) is 6.07 Å². The molecule has 0 aromatic heterocycles. The van der Waals surface area contributed by atoms with E-state index in [1.165, 1.54) is 22.4 Å². The van der Waals surface area contributed by atoms with Crippen molar-refractivity contribution in [2.24, 2.45) is 0 Å². The molecule has 2 heteroatoms. The van der Waals surface area contributed by atoms with Gasteiger partial charge in [-0.1, -0.05) is 46.3 Å². The van der Waals surface area contributed by atoms with Crippen molar-refractivity contribution >= 4 is 21.6 Å². The van der Waals surface area contributed by atoms with Crippen molar-refractivity contribution in [3.8, 4) is 0 Å². The fourth-order valence-corrected chi connectivity index (χ4v) is 2.18. The number of rotatable bonds is 3. The van der Waals surface area contributed by atoms with Crippen LogP contribution < -0.4 is 5.32 Å². The molecule has 88 valence electrons. The molecule has 2 aromatic rings. The van der Waals surface area contributed by atoms with Crippen molar-refractivity contribution in [2.75, 3.05) is 5.32 Å². The monoisotopic (exact) mass is 289 g/mol. The Morgan fingerprint density at radius 1 is 1.06 bits per heavy atom. The molecule has 0 fully saturated rings. The van der Waals surface area contributed by atoms with Crippen molar-refractivity contribution in [1.29, 1.82) is 0 Å². The first kappa shape index (κ1) is 12.2. The van der Waals surface area contributed by atoms with Crippen LogP contribution >= 0.6 is 15.9 Å². The van der Waals surface area contributed by atoms with Crippen LogP contribution in [0, 0.1) is 13.8 Å². The predicted octanol–water partition coefficient (Wildman–Crippen LogP) is 4.68. The summed E-state index contributed by atoms with van der Waals surface area (Å²) >= 11 is 3.56. The summed E-state index contributed by atoms with van der Waals surface area (Å²) < 4.78 is 1.15. The van der Waals surface area contributed by atoms with Gasteiger partial charge in [-0.05, 0) is 42.7 Å². The summed E-state index contributed by atoms with van der Waals surface area (Å²) in [5, 5.41) is 3.48. The Bertz CT molecular complexity index is 520. The van der Waals surface area contributed by atoms with Crippen LogP contribution in [0.25, 0.3) is 0 Å². The fourth-order valence-electron chi connectivity index (χ4n) is 1.76. The maximum Gasteiger partial charge on any atom is 0.0412 e. The van der Waals surface area contributed by atoms with Gasteiger partial charge in [0.1, 0.15) is 0 Å². The lowest BCUT2D eigenvalue weighted by molar-refractivity contribution is 1.13. The summed E-state index contributed by atoms with van der Waals surface area (Å²) in [5.41, 5.74) is 5.04. The predicted molar refractivity (Wildman–Crippen MR) is 77.4 cm³/mol. The molecule has 0 radical (unpaired) electrons. The van der Waals surface area contributed by atoms with Gasteiger partial charge in [0.15, 0.2) is 0 Å². The highest BCUT2D eigenvalue weighted by atomic mass is 79.9. The normalized spacial score (nSPS) is 10.3. The van der Waals surface area contributed by atoms with Crippen LogP contribution in [0.2, 0.25) is 0 Å². The number of anilines is 1. The van der Waals surface area contributed by atoms with Gasteiger partial charge in [0.05, 0.1) is 0 Å². The Morgan fingerprint density at radius 3 is 2.59 bits per heavy atom. The van der Waals surface area contributed by atoms with Crippen LogP contribution in [0.1, 0.15) is 16.7 Å². The second-order valence-corrected chi connectivity index (χ2v) is 5.12. The van der Waals surface area contributed by atoms with E-state index in [2.05, 4.69) is 71.5 Å². The highest BCUT2D eigenvalue weighted by Crippen LogP contribution is 2.20. The lowest BCUT2D eigenvalue weighted by Gasteiger charge is -2.11. The molecule has 0 saturated heterocycles. The van der Waals surface area contributed by atoms with E-state index in [1.54, 1.807) is 0 Å². The average molecular weight is 290 g/mol. The average Bonchev–Trinajstić information content (AvgIpc) is 2.32. The summed E-state index contributed by atoms with van der Waals surface area (Å²) in [7, 11) is 0. The molecule has 1 nitrogen and oxygen atoms in total. The third-order valence-corrected chi connectivity index (χ3v) is 3.59. The minimum Gasteiger partial charge on any atom is -0.381 e. The number of aryl methyl sites for hydroxylation is 2. The summed E-state index contributed by atoms with van der Waals surface area (Å²) in [5.74, 6) is 0. The third-order valence-electron chi connectivity index (χ3n) is 2.82. The Kier molecular flexibility index (Phi) is 3.85. The van der Waals surface area contributed by atoms with E-state index in [0.717, 1.165) is 11.0 Å². The van der Waals surface area contributed by atoms with Gasteiger partial charge in [-0.25, -0.2) is 0 Å². The molecule has 2 rings (SSSR count). The first-order chi connectivity index (χ1) is 8.16. The van der Waals surface area contributed by atoms with Crippen LogP contribution in [0.15, 0.2) is 46.9 Å². The summed E-state index contributed by atoms with van der Waals surface area (Å²) in [4.78, 5) is 0. The van der Waals surface area contributed by atoms with E-state index >= 15 is 0 Å². The quantitative estimate of drug-likeness (QED) is 0.865. The van der Waals surface area contributed by atoms with Crippen molar-refractivity contribution in [2.45, 2.75) is 20.4 Å². The van der Waals surface area contributed by atoms with Crippen LogP contribution in [-0.2, 0) is 6.54 Å². The maximum absolute atomic E-state index is 3.56. The second-order valence-electron chi connectivity index (χ2n) is 4.26. The Balaban J connectivity index is 2.12. The van der Waals surface area contributed by atoms with Crippen LogP contribution in [0.4, 0.5) is 5.69 Å². The minimum atomic E-state index is 0.839. The second kappa shape index (κ2) is 5.37. The van der Waals surface area contributed by atoms with E-state index in [-0.39, 0.29) is 0 Å². The molecular weight excluding hydrogens is 274 g/mol. The Morgan fingerprint density at radius 2 is 1.82 bits per heavy atom. The fraction of sp³-hybridized carbons (Fsp3) is 0.200. The minimum absolute atomic E-state index is 0.839. The molecule has 0 heterocycles. The van der Waals surface area contributed by atoms with Crippen molar-refractivity contribution < 1.29 is 0 Å². The summed E-state index contributed by atoms with van der Waals surface area (Å²) in [6.45, 7) is 5.08. The lowest BCUT2D eigenvalue weighted by Crippen LogP contribution is -2.01. The largest absolute Gasteiger partial charge is 0.381 e. The summed E-state index contributed by atoms with van der Waals surface area (Å²) in [6, 6.07) is 14.8. The zero-order chi connectivity index (χ0) is 12.3. The van der Waals surface area contributed by atoms with Crippen LogP contribution in [0.5, 0.6) is 0 Å². The highest BCUT2D eigenvalue weighted by molar-refractivity contribution is 9.10. The summed E-state index contributed by atoms with van der Waals surface area (Å²) in [6.07, 6.45) is 0. The lowest BCUT2D eigenvalue weighted by atomic mass is 10.1. The van der Waals surface area contributed by atoms with Crippen molar-refractivity contribution in [3.63, 3.8) is 0 Å². The number of benzene rings is 2. The van der Waals surface area contributed by atoms with E-state index in [0.29, 0.717) is 0 Å². The standard InChI is InChI=1S/C15H16BrN/c1-11-7-8-12(2)15(9-11)17-10-13-5-3-4-6-14(13)16/h3-9,17H,10H2,1-2H3. The molecular formula is C15H16BrN. The molecule has 1 N–H and O–H groups in total. The molecule has 0 aliphatic heterocycles. The number of nitrogens with one attached hydrogen (secondary N) is 1. The molecule has 0 aliphatic carbocycles. The third kappa shape index (κ3) is 3.10. The van der Waals surface area contributed by atoms with E-state index < -0.39 is 0 Å². The number of halogens is 1. The van der Waals surface area contributed by atoms with Crippen LogP contribution in [0.3, 0.4) is 0 Å². The van der Waals surface area contributed by atoms with Gasteiger partial charge in [-0.2, -0.15) is 0 Å². The molecule has 0 atom stereocenters. The van der Waals surface area contributed by atoms with Gasteiger partial charge in [0.25, 0.3) is 0 Å². The SMILES string of the molecule is Cc1ccc(C)c(NCc2ccccc2Br)c1. The Hall–Kier alpha value is -1.28. The Labute approximate surface area is 111 Å². The molecule has 0 aliphatic rings. The maximum atomic E-state index is 3.56. The first-order valence-corrected chi connectivity index (χ1v) is 6.50. The molecule has 0 unspecified atom stereocenters. The molecule has 0 bridgehead atoms. The molecule has 2 aromatic carbocycles. The zero-order valence-corrected chi connectivity index (χ0v) is 11.7. The topological polar surface area (TPSA) is 12.0 Å². The first-order valence-electron chi connectivity index (χ1n) is 5.71. The molecule has 0 saturated carbocycles. The van der Waals surface area contributed by atoms with Gasteiger partial charge >= 0.3 is 0 Å². The van der Waals surface area contributed by atoms with E-state index in [4.69, 9.17) is 0 Å². The number of hydrogen-bond donors (Lipinski definition) is 1. The smallest absolute Gasteiger partial charge is 0.0412 e. The van der Waals surface area contributed by atoms with Crippen molar-refractivity contribution in [1.82, 2.24) is 0 Å². The van der Waals surface area contributed by atoms with Gasteiger partial charge in [0.2, 0.25) is 0 Å². The highest BCUT2D eigenvalue weighted by Gasteiger charge is 2.01. The molecule has 17 heavy (non-hydrogen) atoms. The van der Waals surface area contributed by atoms with Gasteiger partial charge in [-0.15, -0.1) is 0 Å². The van der Waals surface area contributed by atoms with Gasteiger partial charge in [-0.3, -0.25) is 0 Å². The van der Waals surface area contributed by atoms with Crippen LogP contribution in [-0.4, -0.2) is 0 Å². The number of hydrogen-bond acceptors (Lipinski definition) is 1. The molecule has 0 spiro atoms. The van der Waals surface area contributed by atoms with Gasteiger partial charge in [0, 0.05) is 16.7 Å². The van der Waals surface area contributed by atoms with Crippen molar-refractivity contribution in [3.05, 3.63) is 63.6 Å².